The lowest BCUT2D eigenvalue weighted by Gasteiger charge is -2.34. The van der Waals surface area contributed by atoms with Gasteiger partial charge in [0.25, 0.3) is 0 Å². The van der Waals surface area contributed by atoms with Gasteiger partial charge in [-0.05, 0) is 13.8 Å². The van der Waals surface area contributed by atoms with Crippen molar-refractivity contribution in [2.45, 2.75) is 32.9 Å². The summed E-state index contributed by atoms with van der Waals surface area (Å²) in [7, 11) is 1.59. The average Bonchev–Trinajstić information content (AvgIpc) is 2.83. The summed E-state index contributed by atoms with van der Waals surface area (Å²) in [6.07, 6.45) is 0.161. The van der Waals surface area contributed by atoms with E-state index < -0.39 is 0 Å². The Labute approximate surface area is 131 Å². The molecule has 1 fully saturated rings. The second-order valence-corrected chi connectivity index (χ2v) is 5.70. The van der Waals surface area contributed by atoms with E-state index in [2.05, 4.69) is 9.88 Å². The first-order chi connectivity index (χ1) is 10.5. The zero-order valence-electron chi connectivity index (χ0n) is 13.7. The van der Waals surface area contributed by atoms with Gasteiger partial charge in [0, 0.05) is 39.8 Å². The number of aromatic nitrogens is 1. The number of rotatable bonds is 6. The molecule has 22 heavy (non-hydrogen) atoms. The molecule has 0 spiro atoms. The van der Waals surface area contributed by atoms with Crippen molar-refractivity contribution in [2.24, 2.45) is 5.73 Å². The van der Waals surface area contributed by atoms with Crippen LogP contribution in [0.25, 0.3) is 0 Å². The Hall–Kier alpha value is -1.44. The van der Waals surface area contributed by atoms with E-state index in [1.807, 2.05) is 18.7 Å². The van der Waals surface area contributed by atoms with Crippen molar-refractivity contribution in [3.8, 4) is 0 Å². The van der Waals surface area contributed by atoms with Gasteiger partial charge < -0.3 is 19.8 Å². The summed E-state index contributed by atoms with van der Waals surface area (Å²) in [5.41, 5.74) is 6.50. The van der Waals surface area contributed by atoms with Crippen LogP contribution in [0.4, 0.5) is 0 Å². The molecule has 2 N–H and O–H groups in total. The predicted molar refractivity (Wildman–Crippen MR) is 82.3 cm³/mol. The van der Waals surface area contributed by atoms with Gasteiger partial charge in [0.05, 0.1) is 24.8 Å². The maximum Gasteiger partial charge on any atom is 0.225 e. The Balaban J connectivity index is 1.79. The molecule has 1 aromatic heterocycles. The fourth-order valence-corrected chi connectivity index (χ4v) is 2.54. The first kappa shape index (κ1) is 16.9. The van der Waals surface area contributed by atoms with Crippen LogP contribution in [0.5, 0.6) is 0 Å². The monoisotopic (exact) mass is 310 g/mol. The molecule has 1 atom stereocenters. The topological polar surface area (TPSA) is 84.8 Å². The van der Waals surface area contributed by atoms with Crippen molar-refractivity contribution < 1.29 is 13.9 Å². The summed E-state index contributed by atoms with van der Waals surface area (Å²) in [6, 6.07) is 0. The molecule has 124 valence electrons. The Bertz CT molecular complexity index is 471. The minimum atomic E-state index is -0.191. The Morgan fingerprint density at radius 1 is 1.36 bits per heavy atom. The third-order valence-corrected chi connectivity index (χ3v) is 4.16. The molecule has 2 rings (SSSR count). The Morgan fingerprint density at radius 3 is 2.55 bits per heavy atom. The lowest BCUT2D eigenvalue weighted by atomic mass is 10.2. The van der Waals surface area contributed by atoms with E-state index in [0.29, 0.717) is 19.5 Å². The molecular weight excluding hydrogens is 284 g/mol. The van der Waals surface area contributed by atoms with Gasteiger partial charge >= 0.3 is 0 Å². The summed E-state index contributed by atoms with van der Waals surface area (Å²) in [5, 5.41) is 0. The fraction of sp³-hybridized carbons (Fsp3) is 0.733. The van der Waals surface area contributed by atoms with Crippen LogP contribution in [0, 0.1) is 13.8 Å². The fourth-order valence-electron chi connectivity index (χ4n) is 2.54. The van der Waals surface area contributed by atoms with Crippen LogP contribution in [0.15, 0.2) is 4.42 Å². The molecule has 1 aliphatic heterocycles. The first-order valence-corrected chi connectivity index (χ1v) is 7.69. The predicted octanol–water partition coefficient (Wildman–Crippen LogP) is 0.299. The van der Waals surface area contributed by atoms with Gasteiger partial charge in [-0.1, -0.05) is 0 Å². The number of methoxy groups -OCH3 is 1. The van der Waals surface area contributed by atoms with E-state index in [0.717, 1.165) is 43.5 Å². The molecule has 0 aliphatic carbocycles. The summed E-state index contributed by atoms with van der Waals surface area (Å²) in [6.45, 7) is 8.02. The second kappa shape index (κ2) is 7.71. The highest BCUT2D eigenvalue weighted by Crippen LogP contribution is 2.13. The molecule has 0 bridgehead atoms. The van der Waals surface area contributed by atoms with Crippen LogP contribution in [0.2, 0.25) is 0 Å². The number of nitrogens with zero attached hydrogens (tertiary/aromatic N) is 3. The molecular formula is C15H26N4O3. The van der Waals surface area contributed by atoms with E-state index in [-0.39, 0.29) is 12.0 Å². The van der Waals surface area contributed by atoms with Crippen molar-refractivity contribution in [2.75, 3.05) is 39.8 Å². The molecule has 7 heteroatoms. The normalized spacial score (nSPS) is 17.7. The molecule has 1 aliphatic rings. The number of carbonyl (C=O) groups is 1. The second-order valence-electron chi connectivity index (χ2n) is 5.70. The summed E-state index contributed by atoms with van der Waals surface area (Å²) >= 11 is 0. The zero-order chi connectivity index (χ0) is 16.1. The third kappa shape index (κ3) is 4.28. The van der Waals surface area contributed by atoms with Crippen molar-refractivity contribution >= 4 is 5.91 Å². The summed E-state index contributed by atoms with van der Waals surface area (Å²) in [4.78, 5) is 20.7. The minimum Gasteiger partial charge on any atom is -0.444 e. The van der Waals surface area contributed by atoms with Crippen molar-refractivity contribution in [3.63, 3.8) is 0 Å². The Kier molecular flexibility index (Phi) is 5.93. The number of aryl methyl sites for hydroxylation is 2. The van der Waals surface area contributed by atoms with Crippen LogP contribution < -0.4 is 5.73 Å². The number of nitrogens with two attached hydrogens (primary N) is 1. The molecule has 0 radical (unpaired) electrons. The summed E-state index contributed by atoms with van der Waals surface area (Å²) in [5.74, 6) is 1.73. The van der Waals surface area contributed by atoms with Gasteiger partial charge in [0.2, 0.25) is 11.8 Å². The number of ether oxygens (including phenoxy) is 1. The highest BCUT2D eigenvalue weighted by atomic mass is 16.5. The van der Waals surface area contributed by atoms with Gasteiger partial charge in [-0.3, -0.25) is 9.69 Å². The highest BCUT2D eigenvalue weighted by Gasteiger charge is 2.24. The zero-order valence-corrected chi connectivity index (χ0v) is 13.7. The van der Waals surface area contributed by atoms with Crippen LogP contribution in [-0.4, -0.2) is 66.6 Å². The molecule has 2 heterocycles. The lowest BCUT2D eigenvalue weighted by Crippen LogP contribution is -2.49. The summed E-state index contributed by atoms with van der Waals surface area (Å²) < 4.78 is 10.8. The van der Waals surface area contributed by atoms with Gasteiger partial charge in [-0.15, -0.1) is 0 Å². The maximum absolute atomic E-state index is 12.2. The number of hydrogen-bond donors (Lipinski definition) is 1. The van der Waals surface area contributed by atoms with Crippen LogP contribution in [0.3, 0.4) is 0 Å². The van der Waals surface area contributed by atoms with Crippen LogP contribution in [0.1, 0.15) is 23.8 Å². The molecule has 7 nitrogen and oxygen atoms in total. The number of hydrogen-bond acceptors (Lipinski definition) is 6. The first-order valence-electron chi connectivity index (χ1n) is 7.69. The van der Waals surface area contributed by atoms with Crippen molar-refractivity contribution in [3.05, 3.63) is 17.3 Å². The SMILES string of the molecule is COC(CN)CC(=O)N1CCN(Cc2nc(C)c(C)o2)CC1. The van der Waals surface area contributed by atoms with E-state index in [9.17, 15) is 4.79 Å². The molecule has 1 aromatic rings. The molecule has 0 aromatic carbocycles. The van der Waals surface area contributed by atoms with Crippen molar-refractivity contribution in [1.29, 1.82) is 0 Å². The third-order valence-electron chi connectivity index (χ3n) is 4.16. The number of piperazine rings is 1. The van der Waals surface area contributed by atoms with E-state index in [4.69, 9.17) is 14.9 Å². The van der Waals surface area contributed by atoms with Gasteiger partial charge in [0.15, 0.2) is 0 Å². The Morgan fingerprint density at radius 2 is 2.05 bits per heavy atom. The largest absolute Gasteiger partial charge is 0.444 e. The number of amides is 1. The van der Waals surface area contributed by atoms with Gasteiger partial charge in [-0.2, -0.15) is 0 Å². The lowest BCUT2D eigenvalue weighted by molar-refractivity contribution is -0.135. The molecule has 1 saturated heterocycles. The maximum atomic E-state index is 12.2. The standard InChI is InChI=1S/C15H26N4O3/c1-11-12(2)22-14(17-11)10-18-4-6-19(7-5-18)15(20)8-13(9-16)21-3/h13H,4-10,16H2,1-3H3. The van der Waals surface area contributed by atoms with E-state index in [1.54, 1.807) is 7.11 Å². The van der Waals surface area contributed by atoms with Gasteiger partial charge in [-0.25, -0.2) is 4.98 Å². The quantitative estimate of drug-likeness (QED) is 0.813. The average molecular weight is 310 g/mol. The van der Waals surface area contributed by atoms with Gasteiger partial charge in [0.1, 0.15) is 5.76 Å². The molecule has 0 saturated carbocycles. The van der Waals surface area contributed by atoms with E-state index >= 15 is 0 Å². The minimum absolute atomic E-state index is 0.111. The highest BCUT2D eigenvalue weighted by molar-refractivity contribution is 5.76. The molecule has 1 unspecified atom stereocenters. The molecule has 1 amide bonds. The van der Waals surface area contributed by atoms with E-state index in [1.165, 1.54) is 0 Å². The number of carbonyl (C=O) groups excluding carboxylic acids is 1. The smallest absolute Gasteiger partial charge is 0.225 e. The number of oxazole rings is 1. The van der Waals surface area contributed by atoms with Crippen LogP contribution >= 0.6 is 0 Å². The van der Waals surface area contributed by atoms with Crippen LogP contribution in [-0.2, 0) is 16.1 Å². The van der Waals surface area contributed by atoms with Crippen molar-refractivity contribution in [1.82, 2.24) is 14.8 Å².